The van der Waals surface area contributed by atoms with Gasteiger partial charge < -0.3 is 9.47 Å². The van der Waals surface area contributed by atoms with Gasteiger partial charge in [-0.25, -0.2) is 4.79 Å². The molecule has 0 unspecified atom stereocenters. The van der Waals surface area contributed by atoms with E-state index in [1.807, 2.05) is 0 Å². The molecule has 0 atom stereocenters. The molecule has 0 N–H and O–H groups in total. The van der Waals surface area contributed by atoms with Gasteiger partial charge in [0.1, 0.15) is 17.8 Å². The van der Waals surface area contributed by atoms with Gasteiger partial charge in [-0.2, -0.15) is 0 Å². The predicted octanol–water partition coefficient (Wildman–Crippen LogP) is 3.90. The van der Waals surface area contributed by atoms with Crippen molar-refractivity contribution in [2.24, 2.45) is 0 Å². The van der Waals surface area contributed by atoms with E-state index in [-0.39, 0.29) is 6.61 Å². The Morgan fingerprint density at radius 1 is 1.19 bits per heavy atom. The van der Waals surface area contributed by atoms with Gasteiger partial charge in [-0.1, -0.05) is 27.5 Å². The zero-order valence-corrected chi connectivity index (χ0v) is 13.1. The molecule has 0 aromatic heterocycles. The molecule has 0 amide bonds. The van der Waals surface area contributed by atoms with E-state index < -0.39 is 5.97 Å². The van der Waals surface area contributed by atoms with Gasteiger partial charge in [0, 0.05) is 10.0 Å². The fraction of sp³-hybridized carbons (Fsp3) is 0.0667. The van der Waals surface area contributed by atoms with E-state index in [0.29, 0.717) is 28.4 Å². The summed E-state index contributed by atoms with van der Waals surface area (Å²) in [4.78, 5) is 22.2. The number of carbonyl (C=O) groups is 2. The highest BCUT2D eigenvalue weighted by Gasteiger charge is 2.08. The number of carbonyl (C=O) groups excluding carboxylic acids is 2. The third-order valence-corrected chi connectivity index (χ3v) is 3.28. The van der Waals surface area contributed by atoms with Crippen molar-refractivity contribution in [2.75, 3.05) is 6.61 Å². The molecule has 0 heterocycles. The Kier molecular flexibility index (Phi) is 5.36. The zero-order chi connectivity index (χ0) is 15.2. The van der Waals surface area contributed by atoms with Crippen molar-refractivity contribution in [1.29, 1.82) is 0 Å². The van der Waals surface area contributed by atoms with Gasteiger partial charge in [-0.15, -0.1) is 0 Å². The summed E-state index contributed by atoms with van der Waals surface area (Å²) in [6.07, 6.45) is 0.713. The average Bonchev–Trinajstić information content (AvgIpc) is 2.47. The lowest BCUT2D eigenvalue weighted by Crippen LogP contribution is -2.17. The molecule has 2 aromatic rings. The third kappa shape index (κ3) is 4.58. The minimum Gasteiger partial charge on any atom is -0.480 e. The first kappa shape index (κ1) is 15.5. The molecular weight excluding hydrogens is 360 g/mol. The largest absolute Gasteiger partial charge is 0.480 e. The maximum absolute atomic E-state index is 11.6. The number of ether oxygens (including phenoxy) is 2. The molecular formula is C15H10BrClO4. The van der Waals surface area contributed by atoms with E-state index in [1.165, 1.54) is 12.1 Å². The van der Waals surface area contributed by atoms with Crippen molar-refractivity contribution in [3.63, 3.8) is 0 Å². The van der Waals surface area contributed by atoms with Gasteiger partial charge in [0.2, 0.25) is 0 Å². The van der Waals surface area contributed by atoms with Gasteiger partial charge in [0.15, 0.2) is 6.61 Å². The molecule has 0 fully saturated rings. The van der Waals surface area contributed by atoms with Gasteiger partial charge in [-0.3, -0.25) is 4.79 Å². The molecule has 0 bridgehead atoms. The van der Waals surface area contributed by atoms with Crippen LogP contribution in [-0.2, 0) is 4.79 Å². The van der Waals surface area contributed by atoms with E-state index in [2.05, 4.69) is 15.9 Å². The number of benzene rings is 2. The highest BCUT2D eigenvalue weighted by molar-refractivity contribution is 9.10. The van der Waals surface area contributed by atoms with Crippen LogP contribution in [0.25, 0.3) is 0 Å². The van der Waals surface area contributed by atoms with Crippen LogP contribution in [-0.4, -0.2) is 18.9 Å². The van der Waals surface area contributed by atoms with E-state index in [0.717, 1.165) is 4.47 Å². The predicted molar refractivity (Wildman–Crippen MR) is 82.1 cm³/mol. The van der Waals surface area contributed by atoms with Crippen LogP contribution >= 0.6 is 27.5 Å². The molecule has 6 heteroatoms. The fourth-order valence-corrected chi connectivity index (χ4v) is 2.23. The molecule has 0 aliphatic carbocycles. The van der Waals surface area contributed by atoms with Crippen molar-refractivity contribution in [3.05, 3.63) is 57.5 Å². The van der Waals surface area contributed by atoms with Crippen molar-refractivity contribution in [3.8, 4) is 11.5 Å². The summed E-state index contributed by atoms with van der Waals surface area (Å²) in [5, 5.41) is 0.396. The van der Waals surface area contributed by atoms with Crippen molar-refractivity contribution in [1.82, 2.24) is 0 Å². The highest BCUT2D eigenvalue weighted by Crippen LogP contribution is 2.27. The first-order chi connectivity index (χ1) is 10.1. The number of hydrogen-bond acceptors (Lipinski definition) is 4. The Hall–Kier alpha value is -1.85. The van der Waals surface area contributed by atoms with Crippen LogP contribution in [0.1, 0.15) is 10.4 Å². The Labute approximate surface area is 134 Å². The van der Waals surface area contributed by atoms with Crippen molar-refractivity contribution >= 4 is 39.8 Å². The SMILES string of the molecule is O=Cc1ccc(OC(=O)COc2ccc(Br)cc2Cl)cc1. The molecule has 0 aliphatic heterocycles. The van der Waals surface area contributed by atoms with Crippen LogP contribution in [0.15, 0.2) is 46.9 Å². The molecule has 0 spiro atoms. The Morgan fingerprint density at radius 2 is 1.90 bits per heavy atom. The number of halogens is 2. The highest BCUT2D eigenvalue weighted by atomic mass is 79.9. The van der Waals surface area contributed by atoms with Crippen LogP contribution in [0.4, 0.5) is 0 Å². The Bertz CT molecular complexity index is 655. The Morgan fingerprint density at radius 3 is 2.52 bits per heavy atom. The molecule has 0 aliphatic rings. The summed E-state index contributed by atoms with van der Waals surface area (Å²) in [7, 11) is 0. The molecule has 21 heavy (non-hydrogen) atoms. The van der Waals surface area contributed by atoms with Crippen LogP contribution < -0.4 is 9.47 Å². The van der Waals surface area contributed by atoms with Crippen molar-refractivity contribution < 1.29 is 19.1 Å². The van der Waals surface area contributed by atoms with Crippen LogP contribution in [0.2, 0.25) is 5.02 Å². The maximum Gasteiger partial charge on any atom is 0.349 e. The topological polar surface area (TPSA) is 52.6 Å². The Balaban J connectivity index is 1.90. The second kappa shape index (κ2) is 7.24. The van der Waals surface area contributed by atoms with Gasteiger partial charge in [0.25, 0.3) is 0 Å². The van der Waals surface area contributed by atoms with Gasteiger partial charge in [-0.05, 0) is 42.5 Å². The van der Waals surface area contributed by atoms with E-state index in [1.54, 1.807) is 30.3 Å². The number of hydrogen-bond donors (Lipinski definition) is 0. The zero-order valence-electron chi connectivity index (χ0n) is 10.7. The normalized spacial score (nSPS) is 10.0. The summed E-state index contributed by atoms with van der Waals surface area (Å²) in [5.41, 5.74) is 0.507. The van der Waals surface area contributed by atoms with E-state index in [4.69, 9.17) is 21.1 Å². The quantitative estimate of drug-likeness (QED) is 0.456. The molecule has 0 saturated heterocycles. The summed E-state index contributed by atoms with van der Waals surface area (Å²) in [5.74, 6) is 0.178. The minimum absolute atomic E-state index is 0.267. The van der Waals surface area contributed by atoms with Crippen LogP contribution in [0.5, 0.6) is 11.5 Å². The summed E-state index contributed by atoms with van der Waals surface area (Å²) in [6, 6.07) is 11.3. The summed E-state index contributed by atoms with van der Waals surface area (Å²) >= 11 is 9.24. The lowest BCUT2D eigenvalue weighted by atomic mass is 10.2. The average molecular weight is 370 g/mol. The molecule has 2 aromatic carbocycles. The lowest BCUT2D eigenvalue weighted by molar-refractivity contribution is -0.136. The molecule has 4 nitrogen and oxygen atoms in total. The first-order valence-electron chi connectivity index (χ1n) is 5.92. The second-order valence-electron chi connectivity index (χ2n) is 4.02. The lowest BCUT2D eigenvalue weighted by Gasteiger charge is -2.08. The minimum atomic E-state index is -0.562. The van der Waals surface area contributed by atoms with E-state index >= 15 is 0 Å². The van der Waals surface area contributed by atoms with Gasteiger partial charge in [0.05, 0.1) is 5.02 Å². The molecule has 0 saturated carbocycles. The van der Waals surface area contributed by atoms with Crippen molar-refractivity contribution in [2.45, 2.75) is 0 Å². The fourth-order valence-electron chi connectivity index (χ4n) is 1.50. The smallest absolute Gasteiger partial charge is 0.349 e. The van der Waals surface area contributed by atoms with Gasteiger partial charge >= 0.3 is 5.97 Å². The molecule has 108 valence electrons. The third-order valence-electron chi connectivity index (χ3n) is 2.49. The monoisotopic (exact) mass is 368 g/mol. The van der Waals surface area contributed by atoms with E-state index in [9.17, 15) is 9.59 Å². The number of rotatable bonds is 5. The standard InChI is InChI=1S/C15H10BrClO4/c16-11-3-6-14(13(17)7-11)20-9-15(19)21-12-4-1-10(8-18)2-5-12/h1-8H,9H2. The maximum atomic E-state index is 11.6. The van der Waals surface area contributed by atoms with Crippen LogP contribution in [0.3, 0.4) is 0 Å². The molecule has 2 rings (SSSR count). The number of aldehydes is 1. The second-order valence-corrected chi connectivity index (χ2v) is 5.35. The molecule has 0 radical (unpaired) electrons. The first-order valence-corrected chi connectivity index (χ1v) is 7.09. The van der Waals surface area contributed by atoms with Crippen LogP contribution in [0, 0.1) is 0 Å². The summed E-state index contributed by atoms with van der Waals surface area (Å²) < 4.78 is 11.2. The number of esters is 1. The summed E-state index contributed by atoms with van der Waals surface area (Å²) in [6.45, 7) is -0.267.